The molecule has 1 saturated heterocycles. The average molecular weight is 608 g/mol. The van der Waals surface area contributed by atoms with Crippen molar-refractivity contribution >= 4 is 35.8 Å². The van der Waals surface area contributed by atoms with Gasteiger partial charge < -0.3 is 14.6 Å². The Hall–Kier alpha value is -4.74. The van der Waals surface area contributed by atoms with E-state index >= 15 is 0 Å². The van der Waals surface area contributed by atoms with E-state index in [0.717, 1.165) is 26.9 Å². The second-order valence-corrected chi connectivity index (χ2v) is 11.0. The quantitative estimate of drug-likeness (QED) is 0.214. The Labute approximate surface area is 255 Å². The molecule has 2 aromatic rings. The minimum absolute atomic E-state index is 0.0699. The molecule has 2 aliphatic rings. The maximum absolute atomic E-state index is 14.1. The van der Waals surface area contributed by atoms with Crippen LogP contribution in [0.4, 0.5) is 4.79 Å². The molecule has 0 spiro atoms. The molecule has 0 radical (unpaired) electrons. The molecule has 0 aromatic heterocycles. The van der Waals surface area contributed by atoms with Crippen LogP contribution in [-0.2, 0) is 30.5 Å². The number of aliphatic carboxylic acids is 1. The summed E-state index contributed by atoms with van der Waals surface area (Å²) in [6, 6.07) is 12.8. The Bertz CT molecular complexity index is 1360. The van der Waals surface area contributed by atoms with Gasteiger partial charge in [0.25, 0.3) is 11.8 Å². The van der Waals surface area contributed by atoms with Crippen LogP contribution in [0.5, 0.6) is 0 Å². The van der Waals surface area contributed by atoms with Crippen LogP contribution in [0, 0.1) is 5.92 Å². The Kier molecular flexibility index (Phi) is 10.7. The summed E-state index contributed by atoms with van der Waals surface area (Å²) in [7, 11) is 0. The minimum Gasteiger partial charge on any atom is -0.481 e. The molecule has 12 heteroatoms. The van der Waals surface area contributed by atoms with Gasteiger partial charge in [0.1, 0.15) is 6.61 Å². The average Bonchev–Trinajstić information content (AvgIpc) is 3.27. The van der Waals surface area contributed by atoms with Crippen molar-refractivity contribution in [2.75, 3.05) is 13.2 Å². The third-order valence-electron chi connectivity index (χ3n) is 7.78. The van der Waals surface area contributed by atoms with E-state index in [1.165, 1.54) is 19.1 Å². The third-order valence-corrected chi connectivity index (χ3v) is 7.78. The first-order valence-corrected chi connectivity index (χ1v) is 14.8. The molecule has 2 heterocycles. The number of hydrogen-bond acceptors (Lipinski definition) is 8. The van der Waals surface area contributed by atoms with Crippen molar-refractivity contribution in [3.05, 3.63) is 71.3 Å². The van der Waals surface area contributed by atoms with E-state index in [1.807, 2.05) is 13.0 Å². The van der Waals surface area contributed by atoms with E-state index in [-0.39, 0.29) is 37.3 Å². The molecule has 1 N–H and O–H groups in total. The molecule has 0 bridgehead atoms. The number of fused-ring (bicyclic) bond motifs is 1. The zero-order valence-electron chi connectivity index (χ0n) is 24.8. The number of imide groups is 1. The van der Waals surface area contributed by atoms with Gasteiger partial charge in [-0.25, -0.2) is 19.6 Å². The van der Waals surface area contributed by atoms with Crippen molar-refractivity contribution in [1.29, 1.82) is 0 Å². The summed E-state index contributed by atoms with van der Waals surface area (Å²) in [4.78, 5) is 80.1. The lowest BCUT2D eigenvalue weighted by Gasteiger charge is -2.43. The molecule has 12 nitrogen and oxygen atoms in total. The lowest BCUT2D eigenvalue weighted by Crippen LogP contribution is -2.61. The van der Waals surface area contributed by atoms with Crippen LogP contribution >= 0.6 is 0 Å². The van der Waals surface area contributed by atoms with Gasteiger partial charge in [-0.2, -0.15) is 0 Å². The fourth-order valence-electron chi connectivity index (χ4n) is 5.49. The van der Waals surface area contributed by atoms with Crippen molar-refractivity contribution in [3.8, 4) is 0 Å². The SMILES string of the molecule is CCCCOC(=O)C1CCCN(C(=O)OCc2ccccc2)N1C(=O)CC(C(C)CC(=O)O)N1C(=O)c2ccccc2C1=O. The van der Waals surface area contributed by atoms with Gasteiger partial charge in [-0.05, 0) is 42.9 Å². The lowest BCUT2D eigenvalue weighted by atomic mass is 9.93. The number of hydrogen-bond donors (Lipinski definition) is 1. The normalized spacial score (nSPS) is 17.6. The van der Waals surface area contributed by atoms with Gasteiger partial charge in [0.05, 0.1) is 23.8 Å². The molecule has 4 rings (SSSR count). The standard InChI is InChI=1S/C32H37N3O9/c1-3-4-17-43-31(41)25-15-10-16-33(32(42)44-20-22-11-6-5-7-12-22)35(25)27(36)19-26(21(2)18-28(37)38)34-29(39)23-13-8-9-14-24(23)30(34)40/h5-9,11-14,21,25-26H,3-4,10,15-20H2,1-2H3,(H,37,38). The number of esters is 1. The molecular weight excluding hydrogens is 570 g/mol. The van der Waals surface area contributed by atoms with Gasteiger partial charge in [0, 0.05) is 19.4 Å². The number of carbonyl (C=O) groups excluding carboxylic acids is 5. The molecule has 1 fully saturated rings. The maximum atomic E-state index is 14.1. The topological polar surface area (TPSA) is 151 Å². The predicted molar refractivity (Wildman–Crippen MR) is 156 cm³/mol. The summed E-state index contributed by atoms with van der Waals surface area (Å²) in [6.45, 7) is 3.61. The number of benzene rings is 2. The van der Waals surface area contributed by atoms with Crippen LogP contribution in [0.1, 0.15) is 78.7 Å². The van der Waals surface area contributed by atoms with E-state index in [9.17, 15) is 33.9 Å². The molecular formula is C32H37N3O9. The molecule has 0 aliphatic carbocycles. The van der Waals surface area contributed by atoms with Crippen molar-refractivity contribution in [3.63, 3.8) is 0 Å². The maximum Gasteiger partial charge on any atom is 0.429 e. The summed E-state index contributed by atoms with van der Waals surface area (Å²) >= 11 is 0. The number of carbonyl (C=O) groups is 6. The van der Waals surface area contributed by atoms with Gasteiger partial charge in [0.15, 0.2) is 6.04 Å². The Morgan fingerprint density at radius 3 is 2.18 bits per heavy atom. The van der Waals surface area contributed by atoms with Crippen LogP contribution in [0.25, 0.3) is 0 Å². The number of ether oxygens (including phenoxy) is 2. The van der Waals surface area contributed by atoms with Crippen LogP contribution in [0.3, 0.4) is 0 Å². The summed E-state index contributed by atoms with van der Waals surface area (Å²) in [5.74, 6) is -4.74. The van der Waals surface area contributed by atoms with Crippen LogP contribution in [-0.4, -0.2) is 81.0 Å². The summed E-state index contributed by atoms with van der Waals surface area (Å²) in [5.41, 5.74) is 1.03. The van der Waals surface area contributed by atoms with E-state index in [0.29, 0.717) is 12.8 Å². The number of amides is 4. The molecule has 2 aromatic carbocycles. The summed E-state index contributed by atoms with van der Waals surface area (Å²) in [6.07, 6.45) is 0.171. The van der Waals surface area contributed by atoms with Crippen LogP contribution in [0.15, 0.2) is 54.6 Å². The van der Waals surface area contributed by atoms with Crippen LogP contribution in [0.2, 0.25) is 0 Å². The smallest absolute Gasteiger partial charge is 0.429 e. The lowest BCUT2D eigenvalue weighted by molar-refractivity contribution is -0.175. The number of nitrogens with zero attached hydrogens (tertiary/aromatic N) is 3. The highest BCUT2D eigenvalue weighted by Gasteiger charge is 2.46. The monoisotopic (exact) mass is 607 g/mol. The Morgan fingerprint density at radius 1 is 0.932 bits per heavy atom. The van der Waals surface area contributed by atoms with Crippen molar-refractivity contribution < 1.29 is 43.3 Å². The van der Waals surface area contributed by atoms with E-state index in [1.54, 1.807) is 36.4 Å². The molecule has 234 valence electrons. The van der Waals surface area contributed by atoms with Crippen LogP contribution < -0.4 is 0 Å². The number of carboxylic acids is 1. The fraction of sp³-hybridized carbons (Fsp3) is 0.438. The molecule has 4 amide bonds. The first kappa shape index (κ1) is 32.2. The number of rotatable bonds is 12. The Balaban J connectivity index is 1.64. The van der Waals surface area contributed by atoms with Gasteiger partial charge in [-0.3, -0.25) is 24.1 Å². The van der Waals surface area contributed by atoms with Crippen molar-refractivity contribution in [2.24, 2.45) is 5.92 Å². The van der Waals surface area contributed by atoms with Gasteiger partial charge in [-0.1, -0.05) is 62.7 Å². The highest BCUT2D eigenvalue weighted by molar-refractivity contribution is 6.21. The molecule has 44 heavy (non-hydrogen) atoms. The summed E-state index contributed by atoms with van der Waals surface area (Å²) in [5, 5.41) is 11.6. The molecule has 3 unspecified atom stereocenters. The van der Waals surface area contributed by atoms with Crippen molar-refractivity contribution in [2.45, 2.75) is 71.1 Å². The largest absolute Gasteiger partial charge is 0.481 e. The number of unbranched alkanes of at least 4 members (excludes halogenated alkanes) is 1. The molecule has 3 atom stereocenters. The van der Waals surface area contributed by atoms with Gasteiger partial charge >= 0.3 is 18.0 Å². The minimum atomic E-state index is -1.17. The third kappa shape index (κ3) is 7.24. The zero-order chi connectivity index (χ0) is 31.8. The first-order chi connectivity index (χ1) is 21.1. The van der Waals surface area contributed by atoms with Crippen molar-refractivity contribution in [1.82, 2.24) is 14.9 Å². The highest BCUT2D eigenvalue weighted by Crippen LogP contribution is 2.31. The highest BCUT2D eigenvalue weighted by atomic mass is 16.6. The Morgan fingerprint density at radius 2 is 1.57 bits per heavy atom. The second-order valence-electron chi connectivity index (χ2n) is 11.0. The molecule has 0 saturated carbocycles. The van der Waals surface area contributed by atoms with E-state index < -0.39 is 66.6 Å². The predicted octanol–water partition coefficient (Wildman–Crippen LogP) is 4.04. The second kappa shape index (κ2) is 14.6. The van der Waals surface area contributed by atoms with Gasteiger partial charge in [-0.15, -0.1) is 0 Å². The first-order valence-electron chi connectivity index (χ1n) is 14.8. The summed E-state index contributed by atoms with van der Waals surface area (Å²) < 4.78 is 10.9. The molecule has 2 aliphatic heterocycles. The van der Waals surface area contributed by atoms with E-state index in [2.05, 4.69) is 0 Å². The van der Waals surface area contributed by atoms with Gasteiger partial charge in [0.2, 0.25) is 5.91 Å². The van der Waals surface area contributed by atoms with E-state index in [4.69, 9.17) is 9.47 Å². The number of carboxylic acid groups (broad SMARTS) is 1. The number of hydrazine groups is 1. The fourth-order valence-corrected chi connectivity index (χ4v) is 5.49. The zero-order valence-corrected chi connectivity index (χ0v) is 24.8.